The molecule has 0 fully saturated rings. The van der Waals surface area contributed by atoms with Crippen molar-refractivity contribution in [2.45, 2.75) is 13.8 Å². The minimum Gasteiger partial charge on any atom is -0.331 e. The van der Waals surface area contributed by atoms with Crippen molar-refractivity contribution in [1.29, 1.82) is 0 Å². The van der Waals surface area contributed by atoms with Crippen LogP contribution in [-0.2, 0) is 0 Å². The number of pyridine rings is 2. The molecule has 6 nitrogen and oxygen atoms in total. The van der Waals surface area contributed by atoms with Crippen molar-refractivity contribution in [3.05, 3.63) is 89.7 Å². The molecule has 2 aromatic heterocycles. The molecule has 0 aliphatic rings. The molecule has 3 N–H and O–H groups in total. The minimum absolute atomic E-state index is 0.301. The van der Waals surface area contributed by atoms with Gasteiger partial charge in [0.15, 0.2) is 5.11 Å². The van der Waals surface area contributed by atoms with Crippen molar-refractivity contribution in [3.63, 3.8) is 0 Å². The zero-order valence-corrected chi connectivity index (χ0v) is 18.0. The topological polar surface area (TPSA) is 78.9 Å². The van der Waals surface area contributed by atoms with Gasteiger partial charge in [0.1, 0.15) is 0 Å². The summed E-state index contributed by atoms with van der Waals surface area (Å²) in [7, 11) is 0. The van der Waals surface area contributed by atoms with Crippen LogP contribution < -0.4 is 16.2 Å². The Morgan fingerprint density at radius 1 is 0.935 bits per heavy atom. The van der Waals surface area contributed by atoms with E-state index in [1.807, 2.05) is 68.4 Å². The van der Waals surface area contributed by atoms with Crippen LogP contribution >= 0.6 is 12.2 Å². The van der Waals surface area contributed by atoms with E-state index in [1.165, 1.54) is 0 Å². The maximum absolute atomic E-state index is 13.0. The number of hydrogen-bond acceptors (Lipinski definition) is 4. The molecule has 0 spiro atoms. The fraction of sp³-hybridized carbons (Fsp3) is 0.0833. The molecule has 0 saturated heterocycles. The predicted molar refractivity (Wildman–Crippen MR) is 128 cm³/mol. The summed E-state index contributed by atoms with van der Waals surface area (Å²) < 4.78 is 0. The molecule has 4 rings (SSSR count). The van der Waals surface area contributed by atoms with E-state index in [0.29, 0.717) is 16.4 Å². The first-order chi connectivity index (χ1) is 15.0. The lowest BCUT2D eigenvalue weighted by Crippen LogP contribution is -2.43. The number of fused-ring (bicyclic) bond motifs is 1. The summed E-state index contributed by atoms with van der Waals surface area (Å²) in [6.45, 7) is 4.00. The molecule has 0 radical (unpaired) electrons. The number of nitrogens with one attached hydrogen (secondary N) is 3. The molecular formula is C24H21N5OS. The van der Waals surface area contributed by atoms with E-state index in [9.17, 15) is 4.79 Å². The van der Waals surface area contributed by atoms with Crippen LogP contribution in [0, 0.1) is 13.8 Å². The van der Waals surface area contributed by atoms with Gasteiger partial charge < -0.3 is 5.32 Å². The molecule has 0 aliphatic carbocycles. The number of amides is 1. The number of aryl methyl sites for hydroxylation is 2. The maximum Gasteiger partial charge on any atom is 0.270 e. The molecule has 31 heavy (non-hydrogen) atoms. The highest BCUT2D eigenvalue weighted by atomic mass is 32.1. The zero-order valence-electron chi connectivity index (χ0n) is 17.1. The smallest absolute Gasteiger partial charge is 0.270 e. The molecule has 0 atom stereocenters. The second-order valence-electron chi connectivity index (χ2n) is 7.16. The van der Waals surface area contributed by atoms with Crippen molar-refractivity contribution >= 4 is 39.8 Å². The normalized spacial score (nSPS) is 10.5. The Morgan fingerprint density at radius 2 is 1.71 bits per heavy atom. The average molecular weight is 428 g/mol. The van der Waals surface area contributed by atoms with E-state index in [1.54, 1.807) is 18.5 Å². The third-order valence-electron chi connectivity index (χ3n) is 4.87. The monoisotopic (exact) mass is 427 g/mol. The van der Waals surface area contributed by atoms with E-state index in [2.05, 4.69) is 21.2 Å². The highest BCUT2D eigenvalue weighted by molar-refractivity contribution is 7.80. The fourth-order valence-corrected chi connectivity index (χ4v) is 3.40. The SMILES string of the molecule is Cc1ccc(C)c(NC(=S)NNC(=O)c2cc(-c3ccncc3)nc3ccccc23)c1. The Kier molecular flexibility index (Phi) is 5.86. The summed E-state index contributed by atoms with van der Waals surface area (Å²) in [5, 5.41) is 4.18. The molecule has 1 amide bonds. The molecule has 0 bridgehead atoms. The Hall–Kier alpha value is -3.84. The molecular weight excluding hydrogens is 406 g/mol. The Labute approximate surface area is 185 Å². The maximum atomic E-state index is 13.0. The fourth-order valence-electron chi connectivity index (χ4n) is 3.24. The van der Waals surface area contributed by atoms with Crippen LogP contribution in [-0.4, -0.2) is 21.0 Å². The summed E-state index contributed by atoms with van der Waals surface area (Å²) >= 11 is 5.35. The highest BCUT2D eigenvalue weighted by Crippen LogP contribution is 2.24. The van der Waals surface area contributed by atoms with Crippen LogP contribution in [0.3, 0.4) is 0 Å². The number of rotatable bonds is 3. The second-order valence-corrected chi connectivity index (χ2v) is 7.57. The number of benzene rings is 2. The summed E-state index contributed by atoms with van der Waals surface area (Å²) in [6.07, 6.45) is 3.40. The van der Waals surface area contributed by atoms with E-state index < -0.39 is 0 Å². The Morgan fingerprint density at radius 3 is 2.52 bits per heavy atom. The van der Waals surface area contributed by atoms with Gasteiger partial charge in [-0.2, -0.15) is 0 Å². The van der Waals surface area contributed by atoms with Gasteiger partial charge in [-0.25, -0.2) is 4.98 Å². The number of hydrazine groups is 1. The summed E-state index contributed by atoms with van der Waals surface area (Å²) in [5.74, 6) is -0.306. The van der Waals surface area contributed by atoms with E-state index in [-0.39, 0.29) is 5.91 Å². The van der Waals surface area contributed by atoms with E-state index in [0.717, 1.165) is 33.3 Å². The van der Waals surface area contributed by atoms with Crippen LogP contribution in [0.2, 0.25) is 0 Å². The lowest BCUT2D eigenvalue weighted by Gasteiger charge is -2.15. The number of carbonyl (C=O) groups is 1. The minimum atomic E-state index is -0.306. The van der Waals surface area contributed by atoms with Gasteiger partial charge in [-0.05, 0) is 67.5 Å². The molecule has 154 valence electrons. The first kappa shape index (κ1) is 20.4. The van der Waals surface area contributed by atoms with Crippen molar-refractivity contribution in [2.75, 3.05) is 5.32 Å². The van der Waals surface area contributed by atoms with E-state index >= 15 is 0 Å². The number of hydrogen-bond donors (Lipinski definition) is 3. The molecule has 0 aliphatic heterocycles. The Bertz CT molecular complexity index is 1270. The number of nitrogens with zero attached hydrogens (tertiary/aromatic N) is 2. The summed E-state index contributed by atoms with van der Waals surface area (Å²) in [5.41, 5.74) is 11.4. The molecule has 2 aromatic carbocycles. The van der Waals surface area contributed by atoms with Gasteiger partial charge in [0.05, 0.1) is 16.8 Å². The van der Waals surface area contributed by atoms with Gasteiger partial charge in [0, 0.05) is 29.0 Å². The first-order valence-electron chi connectivity index (χ1n) is 9.76. The standard InChI is InChI=1S/C24H21N5OS/c1-15-7-8-16(2)21(13-15)27-24(31)29-28-23(30)19-14-22(17-9-11-25-12-10-17)26-20-6-4-3-5-18(19)20/h3-14H,1-2H3,(H,28,30)(H2,27,29,31). The van der Waals surface area contributed by atoms with Crippen molar-refractivity contribution < 1.29 is 4.79 Å². The van der Waals surface area contributed by atoms with Crippen molar-refractivity contribution in [3.8, 4) is 11.3 Å². The number of anilines is 1. The molecule has 0 saturated carbocycles. The van der Waals surface area contributed by atoms with Gasteiger partial charge in [-0.3, -0.25) is 20.6 Å². The third-order valence-corrected chi connectivity index (χ3v) is 5.07. The van der Waals surface area contributed by atoms with Crippen LogP contribution in [0.25, 0.3) is 22.2 Å². The largest absolute Gasteiger partial charge is 0.331 e. The van der Waals surface area contributed by atoms with Gasteiger partial charge in [-0.15, -0.1) is 0 Å². The first-order valence-corrected chi connectivity index (χ1v) is 10.2. The van der Waals surface area contributed by atoms with Crippen LogP contribution in [0.15, 0.2) is 73.1 Å². The average Bonchev–Trinajstić information content (AvgIpc) is 2.79. The van der Waals surface area contributed by atoms with Crippen LogP contribution in [0.5, 0.6) is 0 Å². The predicted octanol–water partition coefficient (Wildman–Crippen LogP) is 4.55. The van der Waals surface area contributed by atoms with Crippen molar-refractivity contribution in [2.24, 2.45) is 0 Å². The summed E-state index contributed by atoms with van der Waals surface area (Å²) in [4.78, 5) is 21.8. The van der Waals surface area contributed by atoms with Crippen LogP contribution in [0.1, 0.15) is 21.5 Å². The van der Waals surface area contributed by atoms with Crippen LogP contribution in [0.4, 0.5) is 5.69 Å². The van der Waals surface area contributed by atoms with Gasteiger partial charge >= 0.3 is 0 Å². The zero-order chi connectivity index (χ0) is 21.8. The van der Waals surface area contributed by atoms with Gasteiger partial charge in [0.2, 0.25) is 0 Å². The molecule has 4 aromatic rings. The highest BCUT2D eigenvalue weighted by Gasteiger charge is 2.14. The molecule has 2 heterocycles. The van der Waals surface area contributed by atoms with Crippen molar-refractivity contribution in [1.82, 2.24) is 20.8 Å². The second kappa shape index (κ2) is 8.89. The van der Waals surface area contributed by atoms with Gasteiger partial charge in [-0.1, -0.05) is 30.3 Å². The van der Waals surface area contributed by atoms with E-state index in [4.69, 9.17) is 17.2 Å². The molecule has 0 unspecified atom stereocenters. The quantitative estimate of drug-likeness (QED) is 0.329. The number of aromatic nitrogens is 2. The number of para-hydroxylation sites is 1. The summed E-state index contributed by atoms with van der Waals surface area (Å²) in [6, 6.07) is 19.1. The lowest BCUT2D eigenvalue weighted by atomic mass is 10.0. The number of thiocarbonyl (C=S) groups is 1. The number of carbonyl (C=O) groups excluding carboxylic acids is 1. The lowest BCUT2D eigenvalue weighted by molar-refractivity contribution is 0.0946. The molecule has 7 heteroatoms. The Balaban J connectivity index is 1.56. The third kappa shape index (κ3) is 4.67. The van der Waals surface area contributed by atoms with Gasteiger partial charge in [0.25, 0.3) is 5.91 Å².